The van der Waals surface area contributed by atoms with E-state index in [2.05, 4.69) is 13.8 Å². The molecule has 0 aromatic rings. The highest BCUT2D eigenvalue weighted by Crippen LogP contribution is 2.53. The molecule has 0 saturated heterocycles. The number of hydrogen-bond acceptors (Lipinski definition) is 0. The zero-order valence-corrected chi connectivity index (χ0v) is 8.55. The van der Waals surface area contributed by atoms with Crippen LogP contribution >= 0.6 is 0 Å². The molecule has 3 aliphatic rings. The predicted octanol–water partition coefficient (Wildman–Crippen LogP) is 3.86. The summed E-state index contributed by atoms with van der Waals surface area (Å²) in [4.78, 5) is 0. The number of fused-ring (bicyclic) bond motifs is 1. The van der Waals surface area contributed by atoms with Crippen molar-refractivity contribution in [3.8, 4) is 0 Å². The van der Waals surface area contributed by atoms with E-state index in [9.17, 15) is 0 Å². The average molecular weight is 166 g/mol. The van der Waals surface area contributed by atoms with Gasteiger partial charge in [-0.05, 0) is 42.9 Å². The van der Waals surface area contributed by atoms with Crippen molar-refractivity contribution in [1.82, 2.24) is 0 Å². The first kappa shape index (κ1) is 8.59. The molecule has 0 spiro atoms. The van der Waals surface area contributed by atoms with E-state index in [4.69, 9.17) is 0 Å². The average Bonchev–Trinajstić information content (AvgIpc) is 2.83. The fourth-order valence-corrected chi connectivity index (χ4v) is 2.62. The van der Waals surface area contributed by atoms with Crippen LogP contribution in [0, 0.1) is 23.7 Å². The van der Waals surface area contributed by atoms with Crippen LogP contribution in [-0.4, -0.2) is 0 Å². The maximum atomic E-state index is 2.39. The highest BCUT2D eigenvalue weighted by Gasteiger charge is 2.43. The lowest BCUT2D eigenvalue weighted by Gasteiger charge is -2.51. The molecule has 3 saturated carbocycles. The van der Waals surface area contributed by atoms with Crippen LogP contribution in [0.1, 0.15) is 52.4 Å². The highest BCUT2D eigenvalue weighted by molar-refractivity contribution is 4.94. The van der Waals surface area contributed by atoms with Crippen molar-refractivity contribution >= 4 is 0 Å². The van der Waals surface area contributed by atoms with Crippen LogP contribution in [0.3, 0.4) is 0 Å². The lowest BCUT2D eigenvalue weighted by Crippen LogP contribution is -2.42. The molecular formula is C12H22. The Bertz CT molecular complexity index is 142. The minimum absolute atomic E-state index is 1.10. The molecule has 0 aliphatic heterocycles. The monoisotopic (exact) mass is 166 g/mol. The summed E-state index contributed by atoms with van der Waals surface area (Å²) in [6.07, 6.45) is 9.08. The van der Waals surface area contributed by atoms with Crippen LogP contribution in [0.5, 0.6) is 0 Å². The molecule has 0 aromatic carbocycles. The van der Waals surface area contributed by atoms with Gasteiger partial charge in [-0.25, -0.2) is 0 Å². The van der Waals surface area contributed by atoms with Crippen LogP contribution < -0.4 is 0 Å². The lowest BCUT2D eigenvalue weighted by atomic mass is 9.54. The fourth-order valence-electron chi connectivity index (χ4n) is 2.62. The van der Waals surface area contributed by atoms with Crippen molar-refractivity contribution in [2.24, 2.45) is 23.7 Å². The molecular weight excluding hydrogens is 144 g/mol. The summed E-state index contributed by atoms with van der Waals surface area (Å²) < 4.78 is 0. The Morgan fingerprint density at radius 1 is 1.08 bits per heavy atom. The van der Waals surface area contributed by atoms with Crippen molar-refractivity contribution in [3.05, 3.63) is 0 Å². The third-order valence-electron chi connectivity index (χ3n) is 4.16. The zero-order chi connectivity index (χ0) is 8.55. The molecule has 0 radical (unpaired) electrons. The number of rotatable bonds is 1. The van der Waals surface area contributed by atoms with Gasteiger partial charge in [0, 0.05) is 0 Å². The van der Waals surface area contributed by atoms with Crippen LogP contribution in [0.2, 0.25) is 0 Å². The van der Waals surface area contributed by atoms with E-state index < -0.39 is 0 Å². The lowest BCUT2D eigenvalue weighted by molar-refractivity contribution is -0.0138. The second kappa shape index (κ2) is 3.40. The Morgan fingerprint density at radius 2 is 1.83 bits per heavy atom. The van der Waals surface area contributed by atoms with Crippen molar-refractivity contribution in [2.45, 2.75) is 52.4 Å². The fraction of sp³-hybridized carbons (Fsp3) is 1.00. The zero-order valence-electron chi connectivity index (χ0n) is 8.55. The summed E-state index contributed by atoms with van der Waals surface area (Å²) in [6.45, 7) is 4.65. The van der Waals surface area contributed by atoms with Gasteiger partial charge < -0.3 is 0 Å². The van der Waals surface area contributed by atoms with Crippen LogP contribution in [0.15, 0.2) is 0 Å². The van der Waals surface area contributed by atoms with Gasteiger partial charge in [0.05, 0.1) is 0 Å². The topological polar surface area (TPSA) is 0 Å². The SMILES string of the molecule is CC1CC2CCC12.CCC1CC1. The Labute approximate surface area is 76.7 Å². The molecule has 3 atom stereocenters. The van der Waals surface area contributed by atoms with Crippen LogP contribution in [-0.2, 0) is 0 Å². The molecule has 0 nitrogen and oxygen atoms in total. The van der Waals surface area contributed by atoms with Crippen LogP contribution in [0.25, 0.3) is 0 Å². The number of hydrogen-bond donors (Lipinski definition) is 0. The molecule has 0 N–H and O–H groups in total. The van der Waals surface area contributed by atoms with Crippen molar-refractivity contribution in [2.75, 3.05) is 0 Å². The summed E-state index contributed by atoms with van der Waals surface area (Å²) in [5.74, 6) is 4.60. The van der Waals surface area contributed by atoms with Gasteiger partial charge in [0.15, 0.2) is 0 Å². The molecule has 70 valence electrons. The largest absolute Gasteiger partial charge is 0.0651 e. The van der Waals surface area contributed by atoms with Crippen molar-refractivity contribution < 1.29 is 0 Å². The molecule has 3 fully saturated rings. The molecule has 0 heterocycles. The first-order chi connectivity index (χ1) is 5.81. The highest BCUT2D eigenvalue weighted by atomic mass is 14.5. The minimum Gasteiger partial charge on any atom is -0.0651 e. The first-order valence-corrected chi connectivity index (χ1v) is 5.81. The van der Waals surface area contributed by atoms with E-state index in [1.807, 2.05) is 0 Å². The van der Waals surface area contributed by atoms with Crippen LogP contribution in [0.4, 0.5) is 0 Å². The first-order valence-electron chi connectivity index (χ1n) is 5.81. The molecule has 0 aromatic heterocycles. The molecule has 3 aliphatic carbocycles. The molecule has 12 heavy (non-hydrogen) atoms. The smallest absolute Gasteiger partial charge is 0.0360 e. The molecule has 0 heteroatoms. The Morgan fingerprint density at radius 3 is 1.83 bits per heavy atom. The summed E-state index contributed by atoms with van der Waals surface area (Å²) in [5.41, 5.74) is 0. The molecule has 3 unspecified atom stereocenters. The maximum absolute atomic E-state index is 2.39. The van der Waals surface area contributed by atoms with Gasteiger partial charge in [0.25, 0.3) is 0 Å². The third-order valence-corrected chi connectivity index (χ3v) is 4.16. The minimum atomic E-state index is 1.10. The second-order valence-electron chi connectivity index (χ2n) is 5.07. The molecule has 3 rings (SSSR count). The van der Waals surface area contributed by atoms with Gasteiger partial charge in [-0.3, -0.25) is 0 Å². The van der Waals surface area contributed by atoms with Gasteiger partial charge in [-0.2, -0.15) is 0 Å². The van der Waals surface area contributed by atoms with Gasteiger partial charge in [0.2, 0.25) is 0 Å². The van der Waals surface area contributed by atoms with E-state index in [0.29, 0.717) is 0 Å². The molecule has 0 bridgehead atoms. The van der Waals surface area contributed by atoms with E-state index in [1.165, 1.54) is 31.1 Å². The van der Waals surface area contributed by atoms with E-state index in [1.54, 1.807) is 19.3 Å². The van der Waals surface area contributed by atoms with Gasteiger partial charge in [-0.15, -0.1) is 0 Å². The Hall–Kier alpha value is 0. The standard InChI is InChI=1S/C7H12.C5H10/c1-5-4-6-2-3-7(5)6;1-2-5-3-4-5/h5-7H,2-4H2,1H3;5H,2-4H2,1H3. The Balaban J connectivity index is 0.000000100. The quantitative estimate of drug-likeness (QED) is 0.555. The normalized spacial score (nSPS) is 43.0. The van der Waals surface area contributed by atoms with E-state index >= 15 is 0 Å². The van der Waals surface area contributed by atoms with Gasteiger partial charge in [-0.1, -0.05) is 33.1 Å². The van der Waals surface area contributed by atoms with E-state index in [0.717, 1.165) is 11.8 Å². The summed E-state index contributed by atoms with van der Waals surface area (Å²) in [7, 11) is 0. The van der Waals surface area contributed by atoms with Gasteiger partial charge >= 0.3 is 0 Å². The summed E-state index contributed by atoms with van der Waals surface area (Å²) in [5, 5.41) is 0. The summed E-state index contributed by atoms with van der Waals surface area (Å²) >= 11 is 0. The predicted molar refractivity (Wildman–Crippen MR) is 53.0 cm³/mol. The van der Waals surface area contributed by atoms with Gasteiger partial charge in [0.1, 0.15) is 0 Å². The van der Waals surface area contributed by atoms with Crippen molar-refractivity contribution in [3.63, 3.8) is 0 Å². The maximum Gasteiger partial charge on any atom is -0.0360 e. The van der Waals surface area contributed by atoms with Crippen molar-refractivity contribution in [1.29, 1.82) is 0 Å². The Kier molecular flexibility index (Phi) is 2.43. The van der Waals surface area contributed by atoms with E-state index in [-0.39, 0.29) is 0 Å². The summed E-state index contributed by atoms with van der Waals surface area (Å²) in [6, 6.07) is 0. The molecule has 0 amide bonds. The third kappa shape index (κ3) is 1.67. The second-order valence-corrected chi connectivity index (χ2v) is 5.07.